The van der Waals surface area contributed by atoms with Gasteiger partial charge in [0.2, 0.25) is 0 Å². The second-order valence-corrected chi connectivity index (χ2v) is 11.9. The Hall–Kier alpha value is -2.69. The van der Waals surface area contributed by atoms with Crippen molar-refractivity contribution in [3.63, 3.8) is 0 Å². The van der Waals surface area contributed by atoms with Gasteiger partial charge in [-0.1, -0.05) is 20.8 Å². The first-order valence-corrected chi connectivity index (χ1v) is 13.5. The smallest absolute Gasteiger partial charge is 0.338 e. The summed E-state index contributed by atoms with van der Waals surface area (Å²) in [5.41, 5.74) is 0.287. The fraction of sp³-hybridized carbons (Fsp3) is 0.652. The quantitative estimate of drug-likeness (QED) is 0.306. The maximum Gasteiger partial charge on any atom is 0.338 e. The van der Waals surface area contributed by atoms with E-state index in [9.17, 15) is 28.1 Å². The van der Waals surface area contributed by atoms with Crippen LogP contribution in [0.25, 0.3) is 0 Å². The van der Waals surface area contributed by atoms with Crippen molar-refractivity contribution in [2.45, 2.75) is 46.1 Å². The number of piperidine rings is 1. The zero-order valence-corrected chi connectivity index (χ0v) is 20.8. The molecule has 0 aliphatic carbocycles. The van der Waals surface area contributed by atoms with Crippen LogP contribution < -0.4 is 4.90 Å². The van der Waals surface area contributed by atoms with Crippen LogP contribution in [0, 0.1) is 22.0 Å². The number of ether oxygens (including phenoxy) is 1. The standard InChI is InChI=1S/C23H33N3O7S/c1-16(2)13-25(19-8-11-34(31,32)15-19)22(27)14-33-23(28)18-4-5-20(21(12-18)26(29)30)24-9-6-17(3)7-10-24/h4-5,12,16-17,19H,6-11,13-15H2,1-3H3. The van der Waals surface area contributed by atoms with Gasteiger partial charge < -0.3 is 14.5 Å². The molecule has 2 aliphatic heterocycles. The van der Waals surface area contributed by atoms with Gasteiger partial charge in [-0.15, -0.1) is 0 Å². The van der Waals surface area contributed by atoms with Crippen molar-refractivity contribution in [2.24, 2.45) is 11.8 Å². The first-order valence-electron chi connectivity index (χ1n) is 11.7. The molecule has 11 heteroatoms. The van der Waals surface area contributed by atoms with Gasteiger partial charge in [-0.3, -0.25) is 14.9 Å². The van der Waals surface area contributed by atoms with Crippen LogP contribution in [-0.4, -0.2) is 73.9 Å². The van der Waals surface area contributed by atoms with Gasteiger partial charge in [-0.2, -0.15) is 0 Å². The molecular formula is C23H33N3O7S. The van der Waals surface area contributed by atoms with Crippen molar-refractivity contribution in [1.82, 2.24) is 4.90 Å². The molecule has 1 amide bonds. The predicted octanol–water partition coefficient (Wildman–Crippen LogP) is 2.66. The fourth-order valence-corrected chi connectivity index (χ4v) is 6.21. The lowest BCUT2D eigenvalue weighted by Gasteiger charge is -2.31. The lowest BCUT2D eigenvalue weighted by molar-refractivity contribution is -0.384. The number of nitro groups is 1. The van der Waals surface area contributed by atoms with Gasteiger partial charge in [0, 0.05) is 31.7 Å². The Morgan fingerprint density at radius 2 is 1.91 bits per heavy atom. The molecule has 3 rings (SSSR count). The summed E-state index contributed by atoms with van der Waals surface area (Å²) in [5.74, 6) is -0.692. The van der Waals surface area contributed by atoms with Crippen molar-refractivity contribution in [1.29, 1.82) is 0 Å². The molecule has 2 aliphatic rings. The predicted molar refractivity (Wildman–Crippen MR) is 128 cm³/mol. The number of carbonyl (C=O) groups is 2. The molecule has 1 aromatic rings. The molecule has 10 nitrogen and oxygen atoms in total. The minimum absolute atomic E-state index is 0.00696. The summed E-state index contributed by atoms with van der Waals surface area (Å²) < 4.78 is 28.9. The van der Waals surface area contributed by atoms with Gasteiger partial charge in [-0.05, 0) is 43.2 Å². The zero-order chi connectivity index (χ0) is 25.0. The van der Waals surface area contributed by atoms with Crippen LogP contribution in [-0.2, 0) is 19.4 Å². The Kier molecular flexibility index (Phi) is 8.17. The van der Waals surface area contributed by atoms with Crippen molar-refractivity contribution >= 4 is 33.1 Å². The maximum atomic E-state index is 12.8. The van der Waals surface area contributed by atoms with Crippen LogP contribution in [0.4, 0.5) is 11.4 Å². The normalized spacial score (nSPS) is 20.4. The van der Waals surface area contributed by atoms with Crippen molar-refractivity contribution in [3.8, 4) is 0 Å². The molecule has 0 radical (unpaired) electrons. The van der Waals surface area contributed by atoms with E-state index in [1.165, 1.54) is 17.0 Å². The second kappa shape index (κ2) is 10.7. The van der Waals surface area contributed by atoms with E-state index in [0.29, 0.717) is 37.7 Å². The van der Waals surface area contributed by atoms with E-state index in [2.05, 4.69) is 6.92 Å². The number of amides is 1. The van der Waals surface area contributed by atoms with Crippen LogP contribution in [0.1, 0.15) is 50.4 Å². The summed E-state index contributed by atoms with van der Waals surface area (Å²) in [5, 5.41) is 11.7. The molecule has 2 saturated heterocycles. The highest BCUT2D eigenvalue weighted by atomic mass is 32.2. The Morgan fingerprint density at radius 1 is 1.24 bits per heavy atom. The van der Waals surface area contributed by atoms with Crippen molar-refractivity contribution in [3.05, 3.63) is 33.9 Å². The first-order chi connectivity index (χ1) is 16.0. The number of nitrogens with zero attached hydrogens (tertiary/aromatic N) is 3. The van der Waals surface area contributed by atoms with E-state index < -0.39 is 39.3 Å². The topological polar surface area (TPSA) is 127 Å². The molecule has 0 aromatic heterocycles. The van der Waals surface area contributed by atoms with Gasteiger partial charge in [0.25, 0.3) is 11.6 Å². The summed E-state index contributed by atoms with van der Waals surface area (Å²) in [4.78, 5) is 40.0. The summed E-state index contributed by atoms with van der Waals surface area (Å²) >= 11 is 0. The number of anilines is 1. The van der Waals surface area contributed by atoms with E-state index in [-0.39, 0.29) is 28.7 Å². The van der Waals surface area contributed by atoms with E-state index in [1.54, 1.807) is 6.07 Å². The monoisotopic (exact) mass is 495 g/mol. The molecule has 34 heavy (non-hydrogen) atoms. The number of carbonyl (C=O) groups excluding carboxylic acids is 2. The van der Waals surface area contributed by atoms with Crippen LogP contribution >= 0.6 is 0 Å². The molecule has 1 atom stereocenters. The molecule has 2 fully saturated rings. The lowest BCUT2D eigenvalue weighted by Crippen LogP contribution is -2.45. The van der Waals surface area contributed by atoms with Gasteiger partial charge in [0.05, 0.1) is 22.0 Å². The Balaban J connectivity index is 1.68. The molecular weight excluding hydrogens is 462 g/mol. The third-order valence-corrected chi connectivity index (χ3v) is 8.14. The van der Waals surface area contributed by atoms with Gasteiger partial charge in [0.15, 0.2) is 16.4 Å². The van der Waals surface area contributed by atoms with Gasteiger partial charge >= 0.3 is 5.97 Å². The molecule has 2 heterocycles. The third-order valence-electron chi connectivity index (χ3n) is 6.39. The SMILES string of the molecule is CC(C)CN(C(=O)COC(=O)c1ccc(N2CCC(C)CC2)c([N+](=O)[O-])c1)C1CCS(=O)(=O)C1. The zero-order valence-electron chi connectivity index (χ0n) is 19.9. The van der Waals surface area contributed by atoms with Gasteiger partial charge in [0.1, 0.15) is 5.69 Å². The highest BCUT2D eigenvalue weighted by Gasteiger charge is 2.35. The molecule has 0 bridgehead atoms. The minimum Gasteiger partial charge on any atom is -0.452 e. The molecule has 0 saturated carbocycles. The number of benzene rings is 1. The van der Waals surface area contributed by atoms with E-state index in [0.717, 1.165) is 12.8 Å². The van der Waals surface area contributed by atoms with Crippen molar-refractivity contribution in [2.75, 3.05) is 42.6 Å². The number of nitro benzene ring substituents is 1. The van der Waals surface area contributed by atoms with Gasteiger partial charge in [-0.25, -0.2) is 13.2 Å². The highest BCUT2D eigenvalue weighted by Crippen LogP contribution is 2.32. The summed E-state index contributed by atoms with van der Waals surface area (Å²) in [6, 6.07) is 3.78. The average molecular weight is 496 g/mol. The Bertz CT molecular complexity index is 1030. The van der Waals surface area contributed by atoms with E-state index in [1.807, 2.05) is 18.7 Å². The largest absolute Gasteiger partial charge is 0.452 e. The van der Waals surface area contributed by atoms with Crippen LogP contribution in [0.15, 0.2) is 18.2 Å². The number of sulfone groups is 1. The van der Waals surface area contributed by atoms with E-state index >= 15 is 0 Å². The molecule has 188 valence electrons. The Morgan fingerprint density at radius 3 is 2.47 bits per heavy atom. The number of esters is 1. The Labute approximate surface area is 200 Å². The molecule has 0 spiro atoms. The second-order valence-electron chi connectivity index (χ2n) is 9.70. The van der Waals surface area contributed by atoms with Crippen LogP contribution in [0.3, 0.4) is 0 Å². The lowest BCUT2D eigenvalue weighted by atomic mass is 9.98. The summed E-state index contributed by atoms with van der Waals surface area (Å²) in [6.07, 6.45) is 2.24. The average Bonchev–Trinajstić information content (AvgIpc) is 3.14. The van der Waals surface area contributed by atoms with Crippen molar-refractivity contribution < 1.29 is 27.7 Å². The minimum atomic E-state index is -3.18. The van der Waals surface area contributed by atoms with Crippen LogP contribution in [0.5, 0.6) is 0 Å². The van der Waals surface area contributed by atoms with Crippen LogP contribution in [0.2, 0.25) is 0 Å². The summed E-state index contributed by atoms with van der Waals surface area (Å²) in [7, 11) is -3.18. The summed E-state index contributed by atoms with van der Waals surface area (Å²) in [6.45, 7) is 7.21. The first kappa shape index (κ1) is 25.9. The molecule has 1 unspecified atom stereocenters. The fourth-order valence-electron chi connectivity index (χ4n) is 4.48. The maximum absolute atomic E-state index is 12.8. The highest BCUT2D eigenvalue weighted by molar-refractivity contribution is 7.91. The number of hydrogen-bond donors (Lipinski definition) is 0. The molecule has 0 N–H and O–H groups in total. The van der Waals surface area contributed by atoms with E-state index in [4.69, 9.17) is 4.74 Å². The molecule has 1 aromatic carbocycles. The number of hydrogen-bond acceptors (Lipinski definition) is 8. The number of rotatable bonds is 8. The third kappa shape index (κ3) is 6.46.